The molecule has 57 heavy (non-hydrogen) atoms. The number of carbonyl (C=O) groups excluding carboxylic acids is 1. The molecule has 0 amide bonds. The molecule has 0 fully saturated rings. The number of carbonyl (C=O) groups is 1. The van der Waals surface area contributed by atoms with Gasteiger partial charge in [0.05, 0.1) is 17.2 Å². The van der Waals surface area contributed by atoms with Crippen LogP contribution in [0.1, 0.15) is 128 Å². The van der Waals surface area contributed by atoms with Crippen molar-refractivity contribution in [2.75, 3.05) is 0 Å². The largest absolute Gasteiger partial charge is 0.512 e. The van der Waals surface area contributed by atoms with Crippen LogP contribution in [-0.4, -0.2) is 15.9 Å². The van der Waals surface area contributed by atoms with Crippen molar-refractivity contribution in [2.45, 2.75) is 119 Å². The average Bonchev–Trinajstić information content (AvgIpc) is 3.34. The molecule has 0 saturated heterocycles. The Labute approximate surface area is 349 Å². The molecule has 301 valence electrons. The van der Waals surface area contributed by atoms with E-state index in [1.165, 1.54) is 35.3 Å². The molecule has 2 aliphatic carbocycles. The SMILES string of the molecule is CC(C)(C)C(=O)/C=C(\O)C(C)(C)C.CC(C)(C)c1cc(-c2nccc3c2ccc2c4c(c(C(F)(F)F)cc23)-c2ccc(C#N)cc2C4(C)C)[c-]c2c1CCCC2.[Ir]. The first-order valence-electron chi connectivity index (χ1n) is 19.4. The maximum Gasteiger partial charge on any atom is 0.417 e. The smallest absolute Gasteiger partial charge is 0.417 e. The number of aliphatic hydroxyl groups excluding tert-OH is 1. The molecule has 8 heteroatoms. The van der Waals surface area contributed by atoms with Crippen molar-refractivity contribution < 1.29 is 43.2 Å². The van der Waals surface area contributed by atoms with E-state index in [-0.39, 0.29) is 48.0 Å². The number of aromatic nitrogens is 1. The number of hydrogen-bond donors (Lipinski definition) is 1. The first kappa shape index (κ1) is 43.8. The number of ketones is 1. The van der Waals surface area contributed by atoms with Crippen LogP contribution in [0.4, 0.5) is 13.2 Å². The van der Waals surface area contributed by atoms with E-state index in [0.717, 1.165) is 52.2 Å². The van der Waals surface area contributed by atoms with E-state index >= 15 is 0 Å². The van der Waals surface area contributed by atoms with E-state index in [1.807, 2.05) is 73.6 Å². The van der Waals surface area contributed by atoms with Crippen molar-refractivity contribution in [3.63, 3.8) is 0 Å². The Kier molecular flexibility index (Phi) is 11.6. The Morgan fingerprint density at radius 3 is 2.09 bits per heavy atom. The molecule has 4 nitrogen and oxygen atoms in total. The molecule has 2 aliphatic rings. The fourth-order valence-corrected chi connectivity index (χ4v) is 8.11. The molecule has 5 aromatic rings. The zero-order chi connectivity index (χ0) is 41.3. The molecule has 1 radical (unpaired) electrons. The molecule has 0 saturated carbocycles. The second kappa shape index (κ2) is 15.1. The Bertz CT molecular complexity index is 2480. The summed E-state index contributed by atoms with van der Waals surface area (Å²) in [6.45, 7) is 21.7. The number of aliphatic hydroxyl groups is 1. The second-order valence-electron chi connectivity index (χ2n) is 19.0. The van der Waals surface area contributed by atoms with Gasteiger partial charge in [0.1, 0.15) is 5.76 Å². The van der Waals surface area contributed by atoms with Gasteiger partial charge in [-0.15, -0.1) is 34.4 Å². The molecule has 1 heterocycles. The fourth-order valence-electron chi connectivity index (χ4n) is 8.11. The van der Waals surface area contributed by atoms with Gasteiger partial charge in [0.25, 0.3) is 0 Å². The van der Waals surface area contributed by atoms with Crippen LogP contribution in [0.5, 0.6) is 0 Å². The molecular weight excluding hydrogens is 898 g/mol. The number of rotatable bonds is 2. The number of alkyl halides is 3. The Morgan fingerprint density at radius 1 is 0.842 bits per heavy atom. The van der Waals surface area contributed by atoms with Gasteiger partial charge in [-0.05, 0) is 85.6 Å². The van der Waals surface area contributed by atoms with Crippen LogP contribution >= 0.6 is 0 Å². The van der Waals surface area contributed by atoms with Crippen LogP contribution in [0.3, 0.4) is 0 Å². The number of nitriles is 1. The molecule has 0 bridgehead atoms. The number of aryl methyl sites for hydroxylation is 1. The third-order valence-electron chi connectivity index (χ3n) is 11.3. The van der Waals surface area contributed by atoms with Gasteiger partial charge in [-0.1, -0.05) is 114 Å². The van der Waals surface area contributed by atoms with Gasteiger partial charge in [0.2, 0.25) is 0 Å². The number of allylic oxidation sites excluding steroid dienone is 2. The number of halogens is 3. The Balaban J connectivity index is 0.000000384. The first-order valence-corrected chi connectivity index (χ1v) is 19.4. The van der Waals surface area contributed by atoms with E-state index in [2.05, 4.69) is 39.0 Å². The molecule has 7 rings (SSSR count). The van der Waals surface area contributed by atoms with E-state index in [4.69, 9.17) is 4.98 Å². The standard InChI is InChI=1S/C38H32F3N2.C11H20O2.Ir/c1-36(2,3)30-18-23(17-22-8-6-7-9-24(22)30)35-27-13-12-26-29(25(27)14-15-43-35)19-32(38(39,40)41)33-28-11-10-21(20-42)16-31(28)37(4,5)34(26)33;1-10(2,3)8(12)7-9(13)11(4,5)6;/h10-16,18-19H,6-9H2,1-5H3;7,12H,1-6H3;/q-1;;/b;8-7-;. The summed E-state index contributed by atoms with van der Waals surface area (Å²) in [6, 6.07) is 20.2. The van der Waals surface area contributed by atoms with Gasteiger partial charge in [-0.2, -0.15) is 18.4 Å². The summed E-state index contributed by atoms with van der Waals surface area (Å²) in [7, 11) is 0. The summed E-state index contributed by atoms with van der Waals surface area (Å²) in [4.78, 5) is 16.3. The molecule has 0 spiro atoms. The van der Waals surface area contributed by atoms with Crippen molar-refractivity contribution in [3.8, 4) is 28.5 Å². The minimum absolute atomic E-state index is 0. The maximum absolute atomic E-state index is 14.9. The van der Waals surface area contributed by atoms with Gasteiger partial charge in [0, 0.05) is 48.6 Å². The second-order valence-corrected chi connectivity index (χ2v) is 19.0. The summed E-state index contributed by atoms with van der Waals surface area (Å²) in [5.74, 6) is 0.104. The van der Waals surface area contributed by atoms with Gasteiger partial charge in [0.15, 0.2) is 5.78 Å². The summed E-state index contributed by atoms with van der Waals surface area (Å²) in [5.41, 5.74) is 5.96. The predicted molar refractivity (Wildman–Crippen MR) is 221 cm³/mol. The van der Waals surface area contributed by atoms with Crippen LogP contribution in [0.2, 0.25) is 0 Å². The van der Waals surface area contributed by atoms with Crippen LogP contribution in [0, 0.1) is 28.2 Å². The van der Waals surface area contributed by atoms with Crippen molar-refractivity contribution in [1.82, 2.24) is 4.98 Å². The fraction of sp³-hybridized carbons (Fsp3) is 0.408. The molecule has 0 atom stereocenters. The minimum atomic E-state index is -4.56. The van der Waals surface area contributed by atoms with E-state index in [9.17, 15) is 28.3 Å². The number of hydrogen-bond acceptors (Lipinski definition) is 4. The Hall–Kier alpha value is -4.31. The number of pyridine rings is 1. The van der Waals surface area contributed by atoms with Gasteiger partial charge in [-0.25, -0.2) is 0 Å². The van der Waals surface area contributed by atoms with Crippen LogP contribution in [0.15, 0.2) is 66.6 Å². The topological polar surface area (TPSA) is 74.0 Å². The molecule has 1 N–H and O–H groups in total. The maximum atomic E-state index is 14.9. The summed E-state index contributed by atoms with van der Waals surface area (Å²) in [6.07, 6.45) is 2.81. The third-order valence-corrected chi connectivity index (χ3v) is 11.3. The van der Waals surface area contributed by atoms with Crippen molar-refractivity contribution in [3.05, 3.63) is 112 Å². The van der Waals surface area contributed by atoms with Crippen LogP contribution in [0.25, 0.3) is 43.9 Å². The zero-order valence-corrected chi connectivity index (χ0v) is 37.2. The van der Waals surface area contributed by atoms with E-state index < -0.39 is 22.6 Å². The minimum Gasteiger partial charge on any atom is -0.512 e. The van der Waals surface area contributed by atoms with Gasteiger partial charge in [-0.3, -0.25) is 4.79 Å². The summed E-state index contributed by atoms with van der Waals surface area (Å²) in [5, 5.41) is 22.0. The van der Waals surface area contributed by atoms with Crippen LogP contribution in [-0.2, 0) is 54.7 Å². The third kappa shape index (κ3) is 8.21. The van der Waals surface area contributed by atoms with E-state index in [0.29, 0.717) is 22.1 Å². The molecule has 1 aromatic heterocycles. The van der Waals surface area contributed by atoms with Crippen molar-refractivity contribution in [2.24, 2.45) is 10.8 Å². The van der Waals surface area contributed by atoms with Crippen molar-refractivity contribution in [1.29, 1.82) is 5.26 Å². The predicted octanol–water partition coefficient (Wildman–Crippen LogP) is 13.3. The van der Waals surface area contributed by atoms with Crippen molar-refractivity contribution >= 4 is 27.3 Å². The van der Waals surface area contributed by atoms with Gasteiger partial charge < -0.3 is 10.1 Å². The summed E-state index contributed by atoms with van der Waals surface area (Å²) < 4.78 is 44.6. The van der Waals surface area contributed by atoms with Gasteiger partial charge >= 0.3 is 6.18 Å². The monoisotopic (exact) mass is 950 g/mol. The molecule has 4 aromatic carbocycles. The van der Waals surface area contributed by atoms with Crippen LogP contribution < -0.4 is 0 Å². The molecule has 0 aliphatic heterocycles. The normalized spacial score (nSPS) is 15.1. The summed E-state index contributed by atoms with van der Waals surface area (Å²) >= 11 is 0. The average molecular weight is 950 g/mol. The first-order chi connectivity index (χ1) is 25.9. The number of fused-ring (bicyclic) bond motifs is 8. The molecular formula is C49H52F3IrN2O2-. The molecule has 0 unspecified atom stereocenters. The van der Waals surface area contributed by atoms with E-state index in [1.54, 1.807) is 24.4 Å². The Morgan fingerprint density at radius 2 is 1.49 bits per heavy atom. The zero-order valence-electron chi connectivity index (χ0n) is 34.8. The number of benzene rings is 4. The number of nitrogens with zero attached hydrogens (tertiary/aromatic N) is 2. The quantitative estimate of drug-likeness (QED) is 0.0828.